The molecule has 0 radical (unpaired) electrons. The van der Waals surface area contributed by atoms with Gasteiger partial charge in [0, 0.05) is 4.90 Å². The fourth-order valence-corrected chi connectivity index (χ4v) is 2.24. The molecule has 1 amide bonds. The second-order valence-corrected chi connectivity index (χ2v) is 5.96. The number of thioether (sulfide) groups is 1. The zero-order chi connectivity index (χ0) is 12.5. The number of hydrogen-bond acceptors (Lipinski definition) is 2. The van der Waals surface area contributed by atoms with E-state index in [1.807, 2.05) is 0 Å². The minimum absolute atomic E-state index is 0.0470. The Labute approximate surface area is 92.1 Å². The predicted molar refractivity (Wildman–Crippen MR) is 54.0 cm³/mol. The number of halogens is 5. The van der Waals surface area contributed by atoms with E-state index < -0.39 is 15.6 Å². The Kier molecular flexibility index (Phi) is 2.67. The van der Waals surface area contributed by atoms with Crippen molar-refractivity contribution in [3.63, 3.8) is 0 Å². The highest BCUT2D eigenvalue weighted by Crippen LogP contribution is 2.94. The third-order valence-corrected chi connectivity index (χ3v) is 2.73. The van der Waals surface area contributed by atoms with Crippen molar-refractivity contribution in [1.29, 1.82) is 0 Å². The molecule has 1 aromatic carbocycles. The van der Waals surface area contributed by atoms with E-state index in [1.165, 1.54) is 24.3 Å². The van der Waals surface area contributed by atoms with Crippen LogP contribution in [0.25, 0.3) is 0 Å². The van der Waals surface area contributed by atoms with Crippen LogP contribution < -0.4 is 4.72 Å². The van der Waals surface area contributed by atoms with Crippen molar-refractivity contribution in [3.05, 3.63) is 30.3 Å². The molecular weight excluding hydrogens is 273 g/mol. The second-order valence-electron chi connectivity index (χ2n) is 2.77. The summed E-state index contributed by atoms with van der Waals surface area (Å²) >= 11 is 0.0470. The Bertz CT molecular complexity index is 403. The molecule has 0 fully saturated rings. The lowest BCUT2D eigenvalue weighted by molar-refractivity contribution is 0.258. The Morgan fingerprint density at radius 3 is 2.00 bits per heavy atom. The molecule has 0 atom stereocenters. The SMILES string of the molecule is O=C(NS(F)(F)(F)(F)F)Sc1ccccc1. The molecule has 0 heterocycles. The van der Waals surface area contributed by atoms with Gasteiger partial charge < -0.3 is 0 Å². The number of carbonyl (C=O) groups is 1. The van der Waals surface area contributed by atoms with Gasteiger partial charge >= 0.3 is 10.4 Å². The normalized spacial score (nSPS) is 16.1. The predicted octanol–water partition coefficient (Wildman–Crippen LogP) is 4.70. The van der Waals surface area contributed by atoms with Crippen LogP contribution in [0.1, 0.15) is 0 Å². The smallest absolute Gasteiger partial charge is 0.260 e. The quantitative estimate of drug-likeness (QED) is 0.628. The van der Waals surface area contributed by atoms with E-state index in [4.69, 9.17) is 0 Å². The molecule has 0 spiro atoms. The van der Waals surface area contributed by atoms with Gasteiger partial charge in [0.2, 0.25) is 0 Å². The van der Waals surface area contributed by atoms with Gasteiger partial charge in [-0.2, -0.15) is 0 Å². The van der Waals surface area contributed by atoms with Gasteiger partial charge in [0.1, 0.15) is 0 Å². The summed E-state index contributed by atoms with van der Waals surface area (Å²) < 4.78 is 58.9. The summed E-state index contributed by atoms with van der Waals surface area (Å²) in [6.07, 6.45) is 0. The largest absolute Gasteiger partial charge is 0.364 e. The Morgan fingerprint density at radius 2 is 1.56 bits per heavy atom. The summed E-state index contributed by atoms with van der Waals surface area (Å²) in [6.45, 7) is 0. The standard InChI is InChI=1S/C7H6F5NOS2/c8-16(9,10,11,12)13-7(14)15-6-4-2-1-3-5-6/h1-5H,(H,13,14). The van der Waals surface area contributed by atoms with E-state index in [0.29, 0.717) is 0 Å². The van der Waals surface area contributed by atoms with Crippen molar-refractivity contribution in [2.24, 2.45) is 0 Å². The third-order valence-electron chi connectivity index (χ3n) is 1.23. The Balaban J connectivity index is 2.71. The lowest BCUT2D eigenvalue weighted by atomic mass is 10.4. The van der Waals surface area contributed by atoms with Gasteiger partial charge in [-0.25, -0.2) is 4.72 Å². The average Bonchev–Trinajstić information content (AvgIpc) is 1.98. The van der Waals surface area contributed by atoms with Gasteiger partial charge in [-0.1, -0.05) is 37.6 Å². The van der Waals surface area contributed by atoms with E-state index in [1.54, 1.807) is 6.07 Å². The number of rotatable bonds is 2. The third kappa shape index (κ3) is 5.81. The molecular formula is C7H6F5NOS2. The number of amides is 1. The molecule has 9 heteroatoms. The van der Waals surface area contributed by atoms with Crippen LogP contribution in [0, 0.1) is 0 Å². The first-order valence-corrected chi connectivity index (χ1v) is 6.52. The van der Waals surface area contributed by atoms with Gasteiger partial charge in [0.05, 0.1) is 0 Å². The molecule has 16 heavy (non-hydrogen) atoms. The van der Waals surface area contributed by atoms with Gasteiger partial charge in [0.15, 0.2) is 0 Å². The first-order valence-electron chi connectivity index (χ1n) is 3.75. The highest BCUT2D eigenvalue weighted by atomic mass is 32.5. The van der Waals surface area contributed by atoms with Crippen LogP contribution in [0.4, 0.5) is 24.2 Å². The van der Waals surface area contributed by atoms with E-state index in [-0.39, 0.29) is 21.4 Å². The molecule has 92 valence electrons. The first-order chi connectivity index (χ1) is 6.95. The topological polar surface area (TPSA) is 29.1 Å². The zero-order valence-electron chi connectivity index (χ0n) is 7.50. The molecule has 0 bridgehead atoms. The number of nitrogens with one attached hydrogen (secondary N) is 1. The van der Waals surface area contributed by atoms with E-state index in [0.717, 1.165) is 0 Å². The van der Waals surface area contributed by atoms with E-state index in [2.05, 4.69) is 0 Å². The highest BCUT2D eigenvalue weighted by molar-refractivity contribution is 8.45. The molecule has 1 aromatic rings. The Hall–Kier alpha value is -0.960. The lowest BCUT2D eigenvalue weighted by Gasteiger charge is -2.39. The van der Waals surface area contributed by atoms with Crippen LogP contribution >= 0.6 is 22.2 Å². The summed E-state index contributed by atoms with van der Waals surface area (Å²) in [7, 11) is -9.89. The molecule has 1 N–H and O–H groups in total. The van der Waals surface area contributed by atoms with Crippen molar-refractivity contribution < 1.29 is 24.2 Å². The number of hydrogen-bond donors (Lipinski definition) is 1. The van der Waals surface area contributed by atoms with Crippen LogP contribution in [0.5, 0.6) is 0 Å². The maximum Gasteiger partial charge on any atom is 0.364 e. The summed E-state index contributed by atoms with van der Waals surface area (Å²) in [5.74, 6) is 0. The first kappa shape index (κ1) is 13.1. The monoisotopic (exact) mass is 279 g/mol. The van der Waals surface area contributed by atoms with Crippen LogP contribution in [0.3, 0.4) is 0 Å². The maximum absolute atomic E-state index is 11.8. The van der Waals surface area contributed by atoms with Gasteiger partial charge in [-0.15, -0.1) is 0 Å². The fraction of sp³-hybridized carbons (Fsp3) is 0. The minimum Gasteiger partial charge on any atom is -0.260 e. The van der Waals surface area contributed by atoms with Crippen LogP contribution in [-0.2, 0) is 0 Å². The van der Waals surface area contributed by atoms with Crippen molar-refractivity contribution in [2.45, 2.75) is 4.90 Å². The zero-order valence-corrected chi connectivity index (χ0v) is 9.13. The summed E-state index contributed by atoms with van der Waals surface area (Å²) in [5.41, 5.74) is 0. The Morgan fingerprint density at radius 1 is 1.06 bits per heavy atom. The van der Waals surface area contributed by atoms with Crippen LogP contribution in [0.15, 0.2) is 35.2 Å². The van der Waals surface area contributed by atoms with Crippen LogP contribution in [0.2, 0.25) is 0 Å². The molecule has 2 nitrogen and oxygen atoms in total. The van der Waals surface area contributed by atoms with Gasteiger partial charge in [-0.3, -0.25) is 4.79 Å². The van der Waals surface area contributed by atoms with Crippen molar-refractivity contribution in [2.75, 3.05) is 0 Å². The summed E-state index contributed by atoms with van der Waals surface area (Å²) in [6, 6.07) is 7.17. The van der Waals surface area contributed by atoms with Crippen LogP contribution in [-0.4, -0.2) is 5.24 Å². The molecule has 1 rings (SSSR count). The summed E-state index contributed by atoms with van der Waals surface area (Å²) in [4.78, 5) is 10.9. The van der Waals surface area contributed by atoms with Gasteiger partial charge in [-0.05, 0) is 23.9 Å². The average molecular weight is 279 g/mol. The molecule has 0 saturated carbocycles. The second kappa shape index (κ2) is 3.27. The van der Waals surface area contributed by atoms with E-state index >= 15 is 0 Å². The van der Waals surface area contributed by atoms with Crippen molar-refractivity contribution in [1.82, 2.24) is 4.72 Å². The molecule has 0 aliphatic carbocycles. The number of benzene rings is 1. The summed E-state index contributed by atoms with van der Waals surface area (Å²) in [5, 5.41) is -1.86. The molecule has 0 saturated heterocycles. The van der Waals surface area contributed by atoms with E-state index in [9.17, 15) is 24.2 Å². The van der Waals surface area contributed by atoms with Gasteiger partial charge in [0.25, 0.3) is 5.24 Å². The fourth-order valence-electron chi connectivity index (χ4n) is 0.774. The number of carbonyl (C=O) groups excluding carboxylic acids is 1. The molecule has 0 aromatic heterocycles. The van der Waals surface area contributed by atoms with Crippen molar-refractivity contribution >= 4 is 27.4 Å². The molecule has 0 aliphatic heterocycles. The molecule has 0 unspecified atom stereocenters. The molecule has 0 aliphatic rings. The maximum atomic E-state index is 11.8. The minimum atomic E-state index is -9.89. The van der Waals surface area contributed by atoms with Crippen molar-refractivity contribution in [3.8, 4) is 0 Å². The highest BCUT2D eigenvalue weighted by Gasteiger charge is 2.65. The lowest BCUT2D eigenvalue weighted by Crippen LogP contribution is -2.30.